The maximum atomic E-state index is 14.5. The fourth-order valence-corrected chi connectivity index (χ4v) is 3.72. The molecule has 2 rings (SSSR count). The van der Waals surface area contributed by atoms with Gasteiger partial charge >= 0.3 is 0 Å². The number of nitrogens with one attached hydrogen (secondary N) is 1. The third kappa shape index (κ3) is 2.89. The molecule has 2 nitrogen and oxygen atoms in total. The van der Waals surface area contributed by atoms with E-state index in [1.54, 1.807) is 12.1 Å². The van der Waals surface area contributed by atoms with E-state index in [0.29, 0.717) is 16.6 Å². The average molecular weight is 365 g/mol. The lowest BCUT2D eigenvalue weighted by atomic mass is 9.86. The molecule has 5 heteroatoms. The molecule has 1 atom stereocenters. The first-order valence-electron chi connectivity index (χ1n) is 7.00. The first kappa shape index (κ1) is 16.2. The molecule has 0 bridgehead atoms. The van der Waals surface area contributed by atoms with Crippen molar-refractivity contribution in [3.63, 3.8) is 0 Å². The highest BCUT2D eigenvalue weighted by atomic mass is 79.9. The van der Waals surface area contributed by atoms with Crippen LogP contribution in [0.4, 0.5) is 4.39 Å². The topological polar surface area (TPSA) is 21.3 Å². The van der Waals surface area contributed by atoms with Crippen molar-refractivity contribution in [2.24, 2.45) is 0 Å². The van der Waals surface area contributed by atoms with Gasteiger partial charge in [-0.05, 0) is 48.8 Å². The molecule has 1 aromatic carbocycles. The van der Waals surface area contributed by atoms with Crippen LogP contribution in [-0.4, -0.2) is 19.3 Å². The molecule has 1 aliphatic carbocycles. The largest absolute Gasteiger partial charge is 0.373 e. The van der Waals surface area contributed by atoms with Crippen molar-refractivity contribution < 1.29 is 9.13 Å². The van der Waals surface area contributed by atoms with Crippen molar-refractivity contribution in [3.8, 4) is 0 Å². The molecular formula is C15H20BrClFNO. The van der Waals surface area contributed by atoms with Crippen molar-refractivity contribution >= 4 is 27.5 Å². The Morgan fingerprint density at radius 3 is 2.65 bits per heavy atom. The molecule has 1 fully saturated rings. The van der Waals surface area contributed by atoms with Gasteiger partial charge < -0.3 is 10.1 Å². The van der Waals surface area contributed by atoms with Crippen LogP contribution in [0.15, 0.2) is 16.6 Å². The maximum absolute atomic E-state index is 14.5. The Morgan fingerprint density at radius 2 is 2.10 bits per heavy atom. The van der Waals surface area contributed by atoms with Gasteiger partial charge in [0, 0.05) is 16.6 Å². The van der Waals surface area contributed by atoms with E-state index in [9.17, 15) is 4.39 Å². The Bertz CT molecular complexity index is 477. The highest BCUT2D eigenvalue weighted by molar-refractivity contribution is 9.10. The van der Waals surface area contributed by atoms with Crippen molar-refractivity contribution in [1.29, 1.82) is 0 Å². The van der Waals surface area contributed by atoms with E-state index in [1.807, 2.05) is 14.0 Å². The predicted molar refractivity (Wildman–Crippen MR) is 83.7 cm³/mol. The van der Waals surface area contributed by atoms with Crippen LogP contribution in [0.3, 0.4) is 0 Å². The number of halogens is 3. The Kier molecular flexibility index (Phi) is 5.46. The highest BCUT2D eigenvalue weighted by Gasteiger charge is 2.43. The highest BCUT2D eigenvalue weighted by Crippen LogP contribution is 2.44. The maximum Gasteiger partial charge on any atom is 0.147 e. The second kappa shape index (κ2) is 6.73. The molecule has 0 radical (unpaired) electrons. The van der Waals surface area contributed by atoms with Gasteiger partial charge in [0.25, 0.3) is 0 Å². The van der Waals surface area contributed by atoms with Crippen molar-refractivity contribution in [1.82, 2.24) is 5.32 Å². The second-order valence-electron chi connectivity index (χ2n) is 5.19. The number of hydrogen-bond acceptors (Lipinski definition) is 2. The lowest BCUT2D eigenvalue weighted by Crippen LogP contribution is -2.43. The zero-order chi connectivity index (χ0) is 14.8. The quantitative estimate of drug-likeness (QED) is 0.754. The van der Waals surface area contributed by atoms with Gasteiger partial charge in [0.2, 0.25) is 0 Å². The zero-order valence-electron chi connectivity index (χ0n) is 11.8. The summed E-state index contributed by atoms with van der Waals surface area (Å²) in [5.41, 5.74) is 0.248. The van der Waals surface area contributed by atoms with Crippen LogP contribution in [0.2, 0.25) is 5.02 Å². The van der Waals surface area contributed by atoms with E-state index >= 15 is 0 Å². The van der Waals surface area contributed by atoms with Crippen molar-refractivity contribution in [2.75, 3.05) is 13.7 Å². The van der Waals surface area contributed by atoms with E-state index in [0.717, 1.165) is 25.7 Å². The standard InChI is InChI=1S/C15H20BrClFNO/c1-3-20-15(8-4-5-9-15)14(19-2)10-6-7-11(16)12(17)13(10)18/h6-7,14,19H,3-5,8-9H2,1-2H3. The van der Waals surface area contributed by atoms with Crippen LogP contribution in [0.5, 0.6) is 0 Å². The fraction of sp³-hybridized carbons (Fsp3) is 0.600. The smallest absolute Gasteiger partial charge is 0.147 e. The molecule has 0 heterocycles. The van der Waals surface area contributed by atoms with Crippen LogP contribution in [0, 0.1) is 5.82 Å². The van der Waals surface area contributed by atoms with Crippen molar-refractivity contribution in [3.05, 3.63) is 33.0 Å². The van der Waals surface area contributed by atoms with Crippen LogP contribution >= 0.6 is 27.5 Å². The monoisotopic (exact) mass is 363 g/mol. The van der Waals surface area contributed by atoms with Gasteiger partial charge in [0.15, 0.2) is 0 Å². The molecule has 1 N–H and O–H groups in total. The van der Waals surface area contributed by atoms with E-state index in [4.69, 9.17) is 16.3 Å². The summed E-state index contributed by atoms with van der Waals surface area (Å²) in [5.74, 6) is -0.369. The molecule has 0 aromatic heterocycles. The first-order chi connectivity index (χ1) is 9.55. The molecule has 1 aliphatic rings. The zero-order valence-corrected chi connectivity index (χ0v) is 14.2. The Hall–Kier alpha value is -0.160. The molecule has 1 saturated carbocycles. The first-order valence-corrected chi connectivity index (χ1v) is 8.17. The molecule has 0 aliphatic heterocycles. The summed E-state index contributed by atoms with van der Waals surface area (Å²) < 4.78 is 21.1. The van der Waals surface area contributed by atoms with Crippen molar-refractivity contribution in [2.45, 2.75) is 44.2 Å². The van der Waals surface area contributed by atoms with Gasteiger partial charge in [-0.1, -0.05) is 30.5 Å². The molecule has 1 aromatic rings. The summed E-state index contributed by atoms with van der Waals surface area (Å²) in [6.07, 6.45) is 4.12. The lowest BCUT2D eigenvalue weighted by molar-refractivity contribution is -0.0617. The van der Waals surface area contributed by atoms with Gasteiger partial charge in [-0.25, -0.2) is 4.39 Å². The van der Waals surface area contributed by atoms with Crippen LogP contribution < -0.4 is 5.32 Å². The molecule has 0 amide bonds. The van der Waals surface area contributed by atoms with Gasteiger partial charge in [0.1, 0.15) is 5.82 Å². The molecule has 20 heavy (non-hydrogen) atoms. The van der Waals surface area contributed by atoms with Gasteiger partial charge in [0.05, 0.1) is 16.7 Å². The third-order valence-electron chi connectivity index (χ3n) is 4.07. The van der Waals surface area contributed by atoms with Crippen LogP contribution in [0.25, 0.3) is 0 Å². The average Bonchev–Trinajstić information content (AvgIpc) is 2.89. The second-order valence-corrected chi connectivity index (χ2v) is 6.42. The van der Waals surface area contributed by atoms with Gasteiger partial charge in [-0.15, -0.1) is 0 Å². The van der Waals surface area contributed by atoms with E-state index in [-0.39, 0.29) is 22.5 Å². The summed E-state index contributed by atoms with van der Waals surface area (Å²) >= 11 is 9.28. The third-order valence-corrected chi connectivity index (χ3v) is 5.33. The molecule has 0 spiro atoms. The number of hydrogen-bond donors (Lipinski definition) is 1. The minimum atomic E-state index is -0.369. The Balaban J connectivity index is 2.43. The predicted octanol–water partition coefficient (Wildman–Crippen LogP) is 4.85. The summed E-state index contributed by atoms with van der Waals surface area (Å²) in [6.45, 7) is 2.61. The van der Waals surface area contributed by atoms with Gasteiger partial charge in [-0.2, -0.15) is 0 Å². The fourth-order valence-electron chi connectivity index (χ4n) is 3.24. The minimum Gasteiger partial charge on any atom is -0.373 e. The summed E-state index contributed by atoms with van der Waals surface area (Å²) in [5, 5.41) is 3.37. The van der Waals surface area contributed by atoms with Gasteiger partial charge in [-0.3, -0.25) is 0 Å². The summed E-state index contributed by atoms with van der Waals surface area (Å²) in [4.78, 5) is 0. The summed E-state index contributed by atoms with van der Waals surface area (Å²) in [6, 6.07) is 3.39. The van der Waals surface area contributed by atoms with E-state index < -0.39 is 0 Å². The van der Waals surface area contributed by atoms with Crippen LogP contribution in [0.1, 0.15) is 44.2 Å². The summed E-state index contributed by atoms with van der Waals surface area (Å²) in [7, 11) is 1.85. The Labute approximate surface area is 133 Å². The van der Waals surface area contributed by atoms with Crippen LogP contribution in [-0.2, 0) is 4.74 Å². The molecule has 0 saturated heterocycles. The lowest BCUT2D eigenvalue weighted by Gasteiger charge is -2.37. The Morgan fingerprint density at radius 1 is 1.45 bits per heavy atom. The van der Waals surface area contributed by atoms with E-state index in [1.165, 1.54) is 0 Å². The molecule has 112 valence electrons. The molecular weight excluding hydrogens is 345 g/mol. The number of likely N-dealkylation sites (N-methyl/N-ethyl adjacent to an activating group) is 1. The SMILES string of the molecule is CCOC1(C(NC)c2ccc(Br)c(Cl)c2F)CCCC1. The number of benzene rings is 1. The number of rotatable bonds is 5. The molecule has 1 unspecified atom stereocenters. The normalized spacial score (nSPS) is 19.2. The number of ether oxygens (including phenoxy) is 1. The minimum absolute atomic E-state index is 0.132. The van der Waals surface area contributed by atoms with E-state index in [2.05, 4.69) is 21.2 Å².